The molecule has 116 valence electrons. The molecule has 3 nitrogen and oxygen atoms in total. The van der Waals surface area contributed by atoms with Crippen molar-refractivity contribution < 1.29 is 4.79 Å². The van der Waals surface area contributed by atoms with Crippen LogP contribution in [0.5, 0.6) is 0 Å². The molecule has 1 fully saturated rings. The van der Waals surface area contributed by atoms with E-state index in [1.807, 2.05) is 30.0 Å². The second-order valence-corrected chi connectivity index (χ2v) is 6.29. The predicted molar refractivity (Wildman–Crippen MR) is 88.0 cm³/mol. The number of aryl methyl sites for hydroxylation is 1. The van der Waals surface area contributed by atoms with Crippen molar-refractivity contribution in [3.05, 3.63) is 34.3 Å². The first-order valence-corrected chi connectivity index (χ1v) is 8.28. The molecule has 1 heterocycles. The Morgan fingerprint density at radius 2 is 2.29 bits per heavy atom. The summed E-state index contributed by atoms with van der Waals surface area (Å²) in [6.45, 7) is 6.78. The summed E-state index contributed by atoms with van der Waals surface area (Å²) in [6.07, 6.45) is 4.47. The molecule has 1 N–H and O–H groups in total. The molecule has 4 heteroatoms. The molecule has 21 heavy (non-hydrogen) atoms. The quantitative estimate of drug-likeness (QED) is 0.870. The van der Waals surface area contributed by atoms with Crippen molar-refractivity contribution in [1.82, 2.24) is 10.2 Å². The molecule has 1 saturated heterocycles. The summed E-state index contributed by atoms with van der Waals surface area (Å²) in [5, 5.41) is 4.02. The Bertz CT molecular complexity index is 484. The average molecular weight is 309 g/mol. The summed E-state index contributed by atoms with van der Waals surface area (Å²) in [6, 6.07) is 6.09. The van der Waals surface area contributed by atoms with Crippen molar-refractivity contribution in [2.24, 2.45) is 0 Å². The molecule has 2 rings (SSSR count). The summed E-state index contributed by atoms with van der Waals surface area (Å²) in [4.78, 5) is 14.7. The Morgan fingerprint density at radius 3 is 2.90 bits per heavy atom. The highest BCUT2D eigenvalue weighted by Crippen LogP contribution is 2.20. The van der Waals surface area contributed by atoms with Gasteiger partial charge in [0.1, 0.15) is 0 Å². The number of amides is 1. The summed E-state index contributed by atoms with van der Waals surface area (Å²) in [7, 11) is 0. The Balaban J connectivity index is 2.11. The maximum atomic E-state index is 12.8. The van der Waals surface area contributed by atoms with Crippen LogP contribution in [0.2, 0.25) is 5.02 Å². The van der Waals surface area contributed by atoms with E-state index in [1.165, 1.54) is 6.42 Å². The molecule has 0 radical (unpaired) electrons. The molecule has 1 aromatic rings. The number of nitrogens with one attached hydrogen (secondary N) is 1. The largest absolute Gasteiger partial charge is 0.337 e. The smallest absolute Gasteiger partial charge is 0.255 e. The Hall–Kier alpha value is -1.06. The highest BCUT2D eigenvalue weighted by atomic mass is 35.5. The van der Waals surface area contributed by atoms with E-state index >= 15 is 0 Å². The molecular weight excluding hydrogens is 284 g/mol. The van der Waals surface area contributed by atoms with Crippen molar-refractivity contribution in [3.8, 4) is 0 Å². The molecule has 1 aromatic carbocycles. The maximum Gasteiger partial charge on any atom is 0.255 e. The van der Waals surface area contributed by atoms with Gasteiger partial charge in [0.15, 0.2) is 0 Å². The number of rotatable bonds is 6. The van der Waals surface area contributed by atoms with Crippen LogP contribution in [0.4, 0.5) is 0 Å². The number of benzene rings is 1. The highest BCUT2D eigenvalue weighted by Gasteiger charge is 2.23. The van der Waals surface area contributed by atoms with Crippen LogP contribution in [0.25, 0.3) is 0 Å². The molecule has 1 atom stereocenters. The maximum absolute atomic E-state index is 12.8. The third-order valence-electron chi connectivity index (χ3n) is 4.03. The summed E-state index contributed by atoms with van der Waals surface area (Å²) in [5.41, 5.74) is 1.70. The van der Waals surface area contributed by atoms with Gasteiger partial charge in [-0.1, -0.05) is 31.0 Å². The van der Waals surface area contributed by atoms with Gasteiger partial charge >= 0.3 is 0 Å². The monoisotopic (exact) mass is 308 g/mol. The van der Waals surface area contributed by atoms with Gasteiger partial charge in [-0.2, -0.15) is 0 Å². The first-order valence-electron chi connectivity index (χ1n) is 7.90. The van der Waals surface area contributed by atoms with Gasteiger partial charge in [-0.25, -0.2) is 0 Å². The third-order valence-corrected chi connectivity index (χ3v) is 4.34. The summed E-state index contributed by atoms with van der Waals surface area (Å²) in [5.74, 6) is 0.0575. The van der Waals surface area contributed by atoms with Crippen molar-refractivity contribution in [2.45, 2.75) is 45.6 Å². The second kappa shape index (κ2) is 7.81. The molecule has 0 aliphatic carbocycles. The van der Waals surface area contributed by atoms with Gasteiger partial charge < -0.3 is 10.2 Å². The molecule has 0 spiro atoms. The third kappa shape index (κ3) is 4.45. The lowest BCUT2D eigenvalue weighted by Crippen LogP contribution is -2.41. The molecule has 0 saturated carbocycles. The first-order chi connectivity index (χ1) is 10.1. The fourth-order valence-electron chi connectivity index (χ4n) is 2.77. The number of halogens is 1. The van der Waals surface area contributed by atoms with E-state index in [0.29, 0.717) is 16.6 Å². The van der Waals surface area contributed by atoms with Gasteiger partial charge in [-0.3, -0.25) is 4.79 Å². The highest BCUT2D eigenvalue weighted by molar-refractivity contribution is 6.33. The Labute approximate surface area is 132 Å². The fourth-order valence-corrected chi connectivity index (χ4v) is 3.08. The zero-order valence-electron chi connectivity index (χ0n) is 13.0. The zero-order valence-corrected chi connectivity index (χ0v) is 13.7. The van der Waals surface area contributed by atoms with Crippen LogP contribution in [-0.2, 0) is 0 Å². The Kier molecular flexibility index (Phi) is 6.07. The van der Waals surface area contributed by atoms with Gasteiger partial charge in [-0.15, -0.1) is 0 Å². The minimum atomic E-state index is 0.0575. The number of carbonyl (C=O) groups is 1. The van der Waals surface area contributed by atoms with E-state index in [2.05, 4.69) is 12.2 Å². The number of carbonyl (C=O) groups excluding carboxylic acids is 1. The van der Waals surface area contributed by atoms with Gasteiger partial charge in [0.05, 0.1) is 10.6 Å². The van der Waals surface area contributed by atoms with Crippen LogP contribution < -0.4 is 5.32 Å². The van der Waals surface area contributed by atoms with E-state index in [4.69, 9.17) is 11.6 Å². The minimum Gasteiger partial charge on any atom is -0.337 e. The molecule has 1 amide bonds. The predicted octanol–water partition coefficient (Wildman–Crippen LogP) is 3.64. The van der Waals surface area contributed by atoms with E-state index in [9.17, 15) is 4.79 Å². The van der Waals surface area contributed by atoms with Gasteiger partial charge in [0, 0.05) is 19.1 Å². The second-order valence-electron chi connectivity index (χ2n) is 5.88. The number of unbranched alkanes of at least 4 members (excludes halogenated alkanes) is 1. The van der Waals surface area contributed by atoms with Crippen LogP contribution >= 0.6 is 11.6 Å². The number of nitrogens with zero attached hydrogens (tertiary/aromatic N) is 1. The van der Waals surface area contributed by atoms with Crippen LogP contribution in [0.15, 0.2) is 18.2 Å². The van der Waals surface area contributed by atoms with E-state index in [0.717, 1.165) is 44.5 Å². The van der Waals surface area contributed by atoms with E-state index in [1.54, 1.807) is 0 Å². The number of hydrogen-bond donors (Lipinski definition) is 1. The average Bonchev–Trinajstić information content (AvgIpc) is 2.95. The summed E-state index contributed by atoms with van der Waals surface area (Å²) >= 11 is 6.26. The number of hydrogen-bond acceptors (Lipinski definition) is 2. The summed E-state index contributed by atoms with van der Waals surface area (Å²) < 4.78 is 0. The van der Waals surface area contributed by atoms with Gasteiger partial charge in [-0.05, 0) is 50.4 Å². The lowest BCUT2D eigenvalue weighted by atomic mass is 10.1. The van der Waals surface area contributed by atoms with Gasteiger partial charge in [0.2, 0.25) is 0 Å². The molecule has 1 aliphatic rings. The zero-order chi connectivity index (χ0) is 15.2. The van der Waals surface area contributed by atoms with Crippen LogP contribution in [0, 0.1) is 6.92 Å². The Morgan fingerprint density at radius 1 is 1.48 bits per heavy atom. The van der Waals surface area contributed by atoms with Crippen LogP contribution in [-0.4, -0.2) is 36.5 Å². The van der Waals surface area contributed by atoms with E-state index in [-0.39, 0.29) is 5.91 Å². The van der Waals surface area contributed by atoms with Crippen molar-refractivity contribution >= 4 is 17.5 Å². The fraction of sp³-hybridized carbons (Fsp3) is 0.588. The van der Waals surface area contributed by atoms with Crippen molar-refractivity contribution in [3.63, 3.8) is 0 Å². The topological polar surface area (TPSA) is 32.3 Å². The lowest BCUT2D eigenvalue weighted by molar-refractivity contribution is 0.0739. The SMILES string of the molecule is CCCCN(CC1CCCN1)C(=O)c1ccc(C)cc1Cl. The lowest BCUT2D eigenvalue weighted by Gasteiger charge is -2.26. The first kappa shape index (κ1) is 16.3. The minimum absolute atomic E-state index is 0.0575. The normalized spacial score (nSPS) is 18.0. The molecule has 1 unspecified atom stereocenters. The standard InChI is InChI=1S/C17H25ClN2O/c1-3-4-10-20(12-14-6-5-9-19-14)17(21)15-8-7-13(2)11-16(15)18/h7-8,11,14,19H,3-6,9-10,12H2,1-2H3. The van der Waals surface area contributed by atoms with Crippen LogP contribution in [0.3, 0.4) is 0 Å². The van der Waals surface area contributed by atoms with Gasteiger partial charge in [0.25, 0.3) is 5.91 Å². The molecule has 1 aliphatic heterocycles. The molecule has 0 bridgehead atoms. The molecular formula is C17H25ClN2O. The molecule has 0 aromatic heterocycles. The van der Waals surface area contributed by atoms with Crippen molar-refractivity contribution in [2.75, 3.05) is 19.6 Å². The van der Waals surface area contributed by atoms with E-state index < -0.39 is 0 Å². The van der Waals surface area contributed by atoms with Crippen molar-refractivity contribution in [1.29, 1.82) is 0 Å². The van der Waals surface area contributed by atoms with Crippen LogP contribution in [0.1, 0.15) is 48.5 Å².